The molecule has 11 heteroatoms. The van der Waals surface area contributed by atoms with Gasteiger partial charge in [-0.25, -0.2) is 13.4 Å². The molecule has 48 heavy (non-hydrogen) atoms. The summed E-state index contributed by atoms with van der Waals surface area (Å²) in [7, 11) is -4.04. The second-order valence-electron chi connectivity index (χ2n) is 14.0. The topological polar surface area (TPSA) is 128 Å². The van der Waals surface area contributed by atoms with Crippen LogP contribution in [0.15, 0.2) is 83.8 Å². The molecule has 1 unspecified atom stereocenters. The fourth-order valence-corrected chi connectivity index (χ4v) is 7.37. The number of hydrogen-bond donors (Lipinski definition) is 3. The first-order chi connectivity index (χ1) is 22.7. The zero-order chi connectivity index (χ0) is 34.9. The molecular weight excluding hydrogens is 628 g/mol. The lowest BCUT2D eigenvalue weighted by Gasteiger charge is -2.38. The van der Waals surface area contributed by atoms with Crippen LogP contribution in [0.4, 0.5) is 0 Å². The van der Waals surface area contributed by atoms with E-state index in [2.05, 4.69) is 10.7 Å². The van der Waals surface area contributed by atoms with E-state index in [0.29, 0.717) is 25.3 Å². The number of benzene rings is 3. The molecule has 0 fully saturated rings. The Morgan fingerprint density at radius 3 is 2.21 bits per heavy atom. The normalized spacial score (nSPS) is 14.3. The summed E-state index contributed by atoms with van der Waals surface area (Å²) in [6, 6.07) is 22.9. The van der Waals surface area contributed by atoms with Gasteiger partial charge in [0, 0.05) is 32.5 Å². The van der Waals surface area contributed by atoms with Crippen LogP contribution < -0.4 is 15.5 Å². The van der Waals surface area contributed by atoms with Gasteiger partial charge in [0.15, 0.2) is 0 Å². The average Bonchev–Trinajstić information content (AvgIpc) is 3.50. The number of nitrogens with one attached hydrogen (secondary N) is 2. The number of aliphatic hydroxyl groups is 1. The van der Waals surface area contributed by atoms with E-state index >= 15 is 0 Å². The lowest BCUT2D eigenvalue weighted by molar-refractivity contribution is -0.149. The largest absolute Gasteiger partial charge is 0.493 e. The molecule has 3 N–H and O–H groups in total. The summed E-state index contributed by atoms with van der Waals surface area (Å²) in [5, 5.41) is 16.3. The molecule has 260 valence electrons. The first-order valence-electron chi connectivity index (χ1n) is 16.6. The maximum atomic E-state index is 14.1. The summed E-state index contributed by atoms with van der Waals surface area (Å²) < 4.78 is 35.1. The minimum atomic E-state index is -4.04. The quantitative estimate of drug-likeness (QED) is 0.204. The fraction of sp³-hybridized carbons (Fsp3) is 0.459. The molecule has 2 atom stereocenters. The highest BCUT2D eigenvalue weighted by Gasteiger charge is 2.37. The Morgan fingerprint density at radius 1 is 0.938 bits per heavy atom. The lowest BCUT2D eigenvalue weighted by atomic mass is 9.91. The van der Waals surface area contributed by atoms with Crippen LogP contribution in [0.25, 0.3) is 0 Å². The van der Waals surface area contributed by atoms with E-state index in [1.165, 1.54) is 15.4 Å². The molecule has 0 bridgehead atoms. The number of carbonyl (C=O) groups is 2. The molecule has 0 spiro atoms. The monoisotopic (exact) mass is 678 g/mol. The van der Waals surface area contributed by atoms with Gasteiger partial charge in [-0.3, -0.25) is 15.0 Å². The fourth-order valence-electron chi connectivity index (χ4n) is 5.69. The Balaban J connectivity index is 1.64. The third kappa shape index (κ3) is 10.6. The molecule has 3 aromatic rings. The number of hydrogen-bond acceptors (Lipinski definition) is 7. The summed E-state index contributed by atoms with van der Waals surface area (Å²) in [6.45, 7) is 10.3. The van der Waals surface area contributed by atoms with Gasteiger partial charge in [-0.05, 0) is 52.6 Å². The zero-order valence-corrected chi connectivity index (χ0v) is 29.5. The second kappa shape index (κ2) is 16.6. The average molecular weight is 679 g/mol. The Morgan fingerprint density at radius 2 is 1.58 bits per heavy atom. The number of carbonyl (C=O) groups excluding carboxylic acids is 2. The number of aliphatic hydroxyl groups excluding tert-OH is 1. The third-order valence-corrected chi connectivity index (χ3v) is 9.80. The van der Waals surface area contributed by atoms with E-state index in [-0.39, 0.29) is 49.2 Å². The molecule has 2 amide bonds. The molecule has 0 saturated heterocycles. The van der Waals surface area contributed by atoms with Crippen molar-refractivity contribution in [1.82, 2.24) is 20.1 Å². The van der Waals surface area contributed by atoms with E-state index in [1.807, 2.05) is 95.3 Å². The van der Waals surface area contributed by atoms with Crippen molar-refractivity contribution in [2.24, 2.45) is 11.3 Å². The van der Waals surface area contributed by atoms with Crippen LogP contribution in [0.3, 0.4) is 0 Å². The highest BCUT2D eigenvalue weighted by Crippen LogP contribution is 2.30. The van der Waals surface area contributed by atoms with Crippen molar-refractivity contribution in [3.05, 3.63) is 95.6 Å². The van der Waals surface area contributed by atoms with Crippen LogP contribution >= 0.6 is 0 Å². The van der Waals surface area contributed by atoms with Crippen molar-refractivity contribution < 1.29 is 27.9 Å². The SMILES string of the molecule is CC(C)CN(C[C@@H](O)C(Cc1ccccc1)N(NC(=O)CNCc1ccccc1)C(=O)CC(C)(C)C)S(=O)(=O)c1ccc2c(c1)CCO2. The van der Waals surface area contributed by atoms with Crippen molar-refractivity contribution >= 4 is 21.8 Å². The predicted octanol–water partition coefficient (Wildman–Crippen LogP) is 4.33. The second-order valence-corrected chi connectivity index (χ2v) is 16.0. The third-order valence-electron chi connectivity index (χ3n) is 7.97. The summed E-state index contributed by atoms with van der Waals surface area (Å²) in [5.41, 5.74) is 5.01. The molecule has 10 nitrogen and oxygen atoms in total. The van der Waals surface area contributed by atoms with E-state index in [1.54, 1.807) is 12.1 Å². The van der Waals surface area contributed by atoms with Crippen molar-refractivity contribution in [3.8, 4) is 5.75 Å². The van der Waals surface area contributed by atoms with Gasteiger partial charge in [0.1, 0.15) is 5.75 Å². The van der Waals surface area contributed by atoms with Crippen LogP contribution in [0, 0.1) is 11.3 Å². The van der Waals surface area contributed by atoms with Crippen LogP contribution in [0.5, 0.6) is 5.75 Å². The summed E-state index contributed by atoms with van der Waals surface area (Å²) in [5.74, 6) is -0.207. The van der Waals surface area contributed by atoms with Crippen LogP contribution in [-0.4, -0.2) is 73.0 Å². The van der Waals surface area contributed by atoms with Gasteiger partial charge in [-0.1, -0.05) is 95.3 Å². The number of ether oxygens (including phenoxy) is 1. The van der Waals surface area contributed by atoms with Crippen molar-refractivity contribution in [2.75, 3.05) is 26.2 Å². The smallest absolute Gasteiger partial charge is 0.252 e. The number of fused-ring (bicyclic) bond motifs is 1. The maximum Gasteiger partial charge on any atom is 0.252 e. The van der Waals surface area contributed by atoms with Gasteiger partial charge in [0.25, 0.3) is 5.91 Å². The van der Waals surface area contributed by atoms with Crippen molar-refractivity contribution in [1.29, 1.82) is 0 Å². The Kier molecular flexibility index (Phi) is 12.8. The highest BCUT2D eigenvalue weighted by molar-refractivity contribution is 7.89. The molecule has 4 rings (SSSR count). The zero-order valence-electron chi connectivity index (χ0n) is 28.7. The maximum absolute atomic E-state index is 14.1. The number of sulfonamides is 1. The minimum Gasteiger partial charge on any atom is -0.493 e. The molecular formula is C37H50N4O6S. The molecule has 3 aromatic carbocycles. The predicted molar refractivity (Wildman–Crippen MR) is 186 cm³/mol. The minimum absolute atomic E-state index is 0.0497. The van der Waals surface area contributed by atoms with Crippen LogP contribution in [-0.2, 0) is 39.0 Å². The highest BCUT2D eigenvalue weighted by atomic mass is 32.2. The number of hydrazine groups is 1. The number of rotatable bonds is 15. The first-order valence-corrected chi connectivity index (χ1v) is 18.0. The van der Waals surface area contributed by atoms with E-state index < -0.39 is 33.5 Å². The summed E-state index contributed by atoms with van der Waals surface area (Å²) in [4.78, 5) is 27.4. The van der Waals surface area contributed by atoms with Gasteiger partial charge < -0.3 is 15.2 Å². The van der Waals surface area contributed by atoms with Crippen LogP contribution in [0.2, 0.25) is 0 Å². The Bertz CT molecular complexity index is 1610. The van der Waals surface area contributed by atoms with Gasteiger partial charge in [0.2, 0.25) is 15.9 Å². The van der Waals surface area contributed by atoms with E-state index in [4.69, 9.17) is 4.74 Å². The van der Waals surface area contributed by atoms with Gasteiger partial charge in [0.05, 0.1) is 30.2 Å². The van der Waals surface area contributed by atoms with Crippen LogP contribution in [0.1, 0.15) is 57.7 Å². The lowest BCUT2D eigenvalue weighted by Crippen LogP contribution is -2.60. The van der Waals surface area contributed by atoms with Gasteiger partial charge >= 0.3 is 0 Å². The van der Waals surface area contributed by atoms with Gasteiger partial charge in [-0.2, -0.15) is 4.31 Å². The van der Waals surface area contributed by atoms with E-state index in [0.717, 1.165) is 16.7 Å². The molecule has 1 heterocycles. The molecule has 1 aliphatic heterocycles. The van der Waals surface area contributed by atoms with E-state index in [9.17, 15) is 23.1 Å². The number of amides is 2. The molecule has 1 aliphatic rings. The Hall–Kier alpha value is -3.77. The molecule has 0 radical (unpaired) electrons. The molecule has 0 aliphatic carbocycles. The van der Waals surface area contributed by atoms with Gasteiger partial charge in [-0.15, -0.1) is 0 Å². The Labute approximate surface area is 285 Å². The molecule has 0 saturated carbocycles. The number of nitrogens with zero attached hydrogens (tertiary/aromatic N) is 2. The summed E-state index contributed by atoms with van der Waals surface area (Å²) in [6.07, 6.45) is -0.456. The first kappa shape index (κ1) is 37.1. The summed E-state index contributed by atoms with van der Waals surface area (Å²) >= 11 is 0. The standard InChI is InChI=1S/C37H50N4O6S/c1-27(2)25-40(48(45,46)31-16-17-34-30(21-31)18-19-47-34)26-33(42)32(20-28-12-8-6-9-13-28)41(36(44)22-37(3,4)5)39-35(43)24-38-23-29-14-10-7-11-15-29/h6-17,21,27,32-33,38,42H,18-20,22-26H2,1-5H3,(H,39,43)/t32?,33-/m1/s1. The van der Waals surface area contributed by atoms with Crippen molar-refractivity contribution in [3.63, 3.8) is 0 Å². The van der Waals surface area contributed by atoms with Crippen molar-refractivity contribution in [2.45, 2.75) is 77.5 Å². The molecule has 0 aromatic heterocycles.